The van der Waals surface area contributed by atoms with Gasteiger partial charge in [-0.05, 0) is 30.7 Å². The molecule has 1 aliphatic heterocycles. The minimum atomic E-state index is -1.08. The molecule has 0 bridgehead atoms. The second-order valence-electron chi connectivity index (χ2n) is 7.03. The van der Waals surface area contributed by atoms with Crippen molar-refractivity contribution < 1.29 is 19.1 Å². The number of aromatic nitrogens is 1. The second kappa shape index (κ2) is 7.79. The van der Waals surface area contributed by atoms with Crippen LogP contribution in [0.4, 0.5) is 4.79 Å². The predicted octanol–water partition coefficient (Wildman–Crippen LogP) is 3.79. The molecule has 2 aromatic carbocycles. The molecule has 4 rings (SSSR count). The van der Waals surface area contributed by atoms with Gasteiger partial charge in [0.25, 0.3) is 5.91 Å². The van der Waals surface area contributed by atoms with E-state index in [9.17, 15) is 9.59 Å². The molecule has 0 aliphatic carbocycles. The zero-order valence-corrected chi connectivity index (χ0v) is 17.7. The van der Waals surface area contributed by atoms with Crippen LogP contribution >= 0.6 is 11.3 Å². The van der Waals surface area contributed by atoms with E-state index in [0.717, 1.165) is 16.1 Å². The van der Waals surface area contributed by atoms with Crippen LogP contribution in [0.3, 0.4) is 0 Å². The largest absolute Gasteiger partial charge is 0.493 e. The van der Waals surface area contributed by atoms with Crippen molar-refractivity contribution in [2.24, 2.45) is 0 Å². The molecular formula is C22H21N3O4S. The van der Waals surface area contributed by atoms with E-state index in [1.165, 1.54) is 16.2 Å². The lowest BCUT2D eigenvalue weighted by molar-refractivity contribution is -0.131. The first-order valence-electron chi connectivity index (χ1n) is 9.32. The van der Waals surface area contributed by atoms with Gasteiger partial charge in [-0.2, -0.15) is 0 Å². The van der Waals surface area contributed by atoms with Crippen LogP contribution in [0.1, 0.15) is 18.2 Å². The third kappa shape index (κ3) is 3.39. The van der Waals surface area contributed by atoms with E-state index in [4.69, 9.17) is 9.47 Å². The highest BCUT2D eigenvalue weighted by Crippen LogP contribution is 2.34. The molecule has 1 N–H and O–H groups in total. The highest BCUT2D eigenvalue weighted by molar-refractivity contribution is 7.13. The SMILES string of the molecule is COc1ccc(-c2nc(CN3C(=O)NC(C)(c4ccccc4)C3=O)cs2)cc1OC. The Morgan fingerprint density at radius 1 is 1.07 bits per heavy atom. The lowest BCUT2D eigenvalue weighted by Crippen LogP contribution is -2.40. The van der Waals surface area contributed by atoms with Gasteiger partial charge in [-0.1, -0.05) is 30.3 Å². The van der Waals surface area contributed by atoms with Crippen LogP contribution in [0.5, 0.6) is 11.5 Å². The molecule has 0 radical (unpaired) electrons. The number of ether oxygens (including phenoxy) is 2. The van der Waals surface area contributed by atoms with Crippen LogP contribution in [-0.2, 0) is 16.9 Å². The van der Waals surface area contributed by atoms with Gasteiger partial charge in [-0.25, -0.2) is 9.78 Å². The van der Waals surface area contributed by atoms with Gasteiger partial charge in [0.15, 0.2) is 11.5 Å². The molecule has 3 aromatic rings. The second-order valence-corrected chi connectivity index (χ2v) is 7.88. The summed E-state index contributed by atoms with van der Waals surface area (Å²) in [7, 11) is 3.16. The molecule has 154 valence electrons. The Morgan fingerprint density at radius 2 is 1.80 bits per heavy atom. The molecule has 30 heavy (non-hydrogen) atoms. The quantitative estimate of drug-likeness (QED) is 0.610. The van der Waals surface area contributed by atoms with Crippen molar-refractivity contribution >= 4 is 23.3 Å². The lowest BCUT2D eigenvalue weighted by Gasteiger charge is -2.21. The summed E-state index contributed by atoms with van der Waals surface area (Å²) in [5, 5.41) is 5.43. The molecule has 0 saturated carbocycles. The average Bonchev–Trinajstić information content (AvgIpc) is 3.33. The summed E-state index contributed by atoms with van der Waals surface area (Å²) in [4.78, 5) is 31.4. The Labute approximate surface area is 178 Å². The molecule has 1 fully saturated rings. The summed E-state index contributed by atoms with van der Waals surface area (Å²) < 4.78 is 10.6. The summed E-state index contributed by atoms with van der Waals surface area (Å²) in [6.07, 6.45) is 0. The number of carbonyl (C=O) groups is 2. The minimum Gasteiger partial charge on any atom is -0.493 e. The van der Waals surface area contributed by atoms with E-state index in [0.29, 0.717) is 17.2 Å². The van der Waals surface area contributed by atoms with Crippen molar-refractivity contribution in [1.29, 1.82) is 0 Å². The molecule has 2 heterocycles. The number of thiazole rings is 1. The number of carbonyl (C=O) groups excluding carboxylic acids is 2. The molecule has 7 nitrogen and oxygen atoms in total. The Balaban J connectivity index is 1.56. The van der Waals surface area contributed by atoms with Gasteiger partial charge < -0.3 is 14.8 Å². The molecule has 1 unspecified atom stereocenters. The average molecular weight is 423 g/mol. The van der Waals surface area contributed by atoms with Gasteiger partial charge in [0.05, 0.1) is 26.5 Å². The number of benzene rings is 2. The molecule has 1 aromatic heterocycles. The van der Waals surface area contributed by atoms with Crippen LogP contribution in [0.25, 0.3) is 10.6 Å². The predicted molar refractivity (Wildman–Crippen MR) is 114 cm³/mol. The Hall–Kier alpha value is -3.39. The normalized spacial score (nSPS) is 18.4. The standard InChI is InChI=1S/C22H21N3O4S/c1-22(15-7-5-4-6-8-15)20(26)25(21(27)24-22)12-16-13-30-19(23-16)14-9-10-17(28-2)18(11-14)29-3/h4-11,13H,12H2,1-3H3,(H,24,27). The van der Waals surface area contributed by atoms with E-state index < -0.39 is 11.6 Å². The van der Waals surface area contributed by atoms with Crippen LogP contribution in [-0.4, -0.2) is 36.0 Å². The smallest absolute Gasteiger partial charge is 0.325 e. The van der Waals surface area contributed by atoms with Crippen LogP contribution in [0.2, 0.25) is 0 Å². The summed E-state index contributed by atoms with van der Waals surface area (Å²) in [5.41, 5.74) is 1.18. The van der Waals surface area contributed by atoms with E-state index >= 15 is 0 Å². The van der Waals surface area contributed by atoms with Crippen molar-refractivity contribution in [1.82, 2.24) is 15.2 Å². The Kier molecular flexibility index (Phi) is 5.17. The molecular weight excluding hydrogens is 402 g/mol. The number of hydrogen-bond donors (Lipinski definition) is 1. The third-order valence-electron chi connectivity index (χ3n) is 5.13. The summed E-state index contributed by atoms with van der Waals surface area (Å²) in [5.74, 6) is 0.955. The number of urea groups is 1. The molecule has 8 heteroatoms. The van der Waals surface area contributed by atoms with Crippen molar-refractivity contribution in [3.05, 3.63) is 65.2 Å². The van der Waals surface area contributed by atoms with Crippen LogP contribution in [0.15, 0.2) is 53.9 Å². The Morgan fingerprint density at radius 3 is 2.50 bits per heavy atom. The number of amides is 3. The molecule has 1 saturated heterocycles. The summed E-state index contributed by atoms with van der Waals surface area (Å²) >= 11 is 1.44. The monoisotopic (exact) mass is 423 g/mol. The van der Waals surface area contributed by atoms with Gasteiger partial charge >= 0.3 is 6.03 Å². The lowest BCUT2D eigenvalue weighted by atomic mass is 9.92. The van der Waals surface area contributed by atoms with Crippen LogP contribution in [0, 0.1) is 0 Å². The fraction of sp³-hybridized carbons (Fsp3) is 0.227. The van der Waals surface area contributed by atoms with Crippen molar-refractivity contribution in [3.63, 3.8) is 0 Å². The highest BCUT2D eigenvalue weighted by atomic mass is 32.1. The number of imide groups is 1. The van der Waals surface area contributed by atoms with E-state index in [1.807, 2.05) is 53.9 Å². The fourth-order valence-electron chi connectivity index (χ4n) is 3.45. The molecule has 1 atom stereocenters. The van der Waals surface area contributed by atoms with Gasteiger partial charge in [-0.15, -0.1) is 11.3 Å². The molecule has 1 aliphatic rings. The third-order valence-corrected chi connectivity index (χ3v) is 6.07. The first-order valence-corrected chi connectivity index (χ1v) is 10.2. The van der Waals surface area contributed by atoms with Crippen molar-refractivity contribution in [2.45, 2.75) is 19.0 Å². The maximum Gasteiger partial charge on any atom is 0.325 e. The molecule has 0 spiro atoms. The number of nitrogens with zero attached hydrogens (tertiary/aromatic N) is 2. The number of rotatable bonds is 6. The van der Waals surface area contributed by atoms with Gasteiger partial charge in [-0.3, -0.25) is 9.69 Å². The fourth-order valence-corrected chi connectivity index (χ4v) is 4.26. The van der Waals surface area contributed by atoms with E-state index in [2.05, 4.69) is 10.3 Å². The zero-order chi connectivity index (χ0) is 21.3. The highest BCUT2D eigenvalue weighted by Gasteiger charge is 2.48. The number of hydrogen-bond acceptors (Lipinski definition) is 6. The van der Waals surface area contributed by atoms with E-state index in [1.54, 1.807) is 21.1 Å². The zero-order valence-electron chi connectivity index (χ0n) is 16.8. The maximum absolute atomic E-state index is 13.1. The maximum atomic E-state index is 13.1. The van der Waals surface area contributed by atoms with Crippen LogP contribution < -0.4 is 14.8 Å². The van der Waals surface area contributed by atoms with E-state index in [-0.39, 0.29) is 12.5 Å². The first kappa shape index (κ1) is 19.9. The number of nitrogens with one attached hydrogen (secondary N) is 1. The van der Waals surface area contributed by atoms with Crippen molar-refractivity contribution in [3.8, 4) is 22.1 Å². The Bertz CT molecular complexity index is 1100. The first-order chi connectivity index (χ1) is 14.5. The van der Waals surface area contributed by atoms with Gasteiger partial charge in [0.2, 0.25) is 0 Å². The number of methoxy groups -OCH3 is 2. The summed E-state index contributed by atoms with van der Waals surface area (Å²) in [6.45, 7) is 1.83. The molecule has 3 amide bonds. The van der Waals surface area contributed by atoms with Crippen molar-refractivity contribution in [2.75, 3.05) is 14.2 Å². The topological polar surface area (TPSA) is 80.8 Å². The summed E-state index contributed by atoms with van der Waals surface area (Å²) in [6, 6.07) is 14.4. The minimum absolute atomic E-state index is 0.108. The van der Waals surface area contributed by atoms with Gasteiger partial charge in [0.1, 0.15) is 10.5 Å². The van der Waals surface area contributed by atoms with Gasteiger partial charge in [0, 0.05) is 10.9 Å².